The first-order valence-electron chi connectivity index (χ1n) is 8.39. The predicted octanol–water partition coefficient (Wildman–Crippen LogP) is 3.45. The van der Waals surface area contributed by atoms with Crippen LogP contribution in [0, 0.1) is 5.92 Å². The lowest BCUT2D eigenvalue weighted by Gasteiger charge is -2.20. The van der Waals surface area contributed by atoms with Gasteiger partial charge in [-0.1, -0.05) is 32.0 Å². The van der Waals surface area contributed by atoms with Crippen molar-refractivity contribution in [3.8, 4) is 0 Å². The van der Waals surface area contributed by atoms with Gasteiger partial charge in [0.15, 0.2) is 0 Å². The van der Waals surface area contributed by atoms with Crippen LogP contribution in [0.25, 0.3) is 0 Å². The fourth-order valence-electron chi connectivity index (χ4n) is 2.21. The molecule has 1 aromatic carbocycles. The molecule has 1 unspecified atom stereocenters. The number of benzene rings is 1. The maximum atomic E-state index is 12.0. The first-order chi connectivity index (χ1) is 11.5. The number of hydrogen-bond acceptors (Lipinski definition) is 4. The summed E-state index contributed by atoms with van der Waals surface area (Å²) in [4.78, 5) is 24.7. The van der Waals surface area contributed by atoms with E-state index in [0.717, 1.165) is 17.1 Å². The lowest BCUT2D eigenvalue weighted by molar-refractivity contribution is -0.120. The molecule has 5 nitrogen and oxygen atoms in total. The quantitative estimate of drug-likeness (QED) is 0.633. The number of thioether (sulfide) groups is 1. The van der Waals surface area contributed by atoms with E-state index in [4.69, 9.17) is 4.74 Å². The molecule has 0 fully saturated rings. The van der Waals surface area contributed by atoms with E-state index in [9.17, 15) is 9.59 Å². The van der Waals surface area contributed by atoms with Crippen molar-refractivity contribution in [2.75, 3.05) is 18.9 Å². The smallest absolute Gasteiger partial charge is 0.407 e. The number of nitrogens with one attached hydrogen (secondary N) is 2. The van der Waals surface area contributed by atoms with Crippen molar-refractivity contribution in [2.24, 2.45) is 5.92 Å². The fraction of sp³-hybridized carbons (Fsp3) is 0.556. The Morgan fingerprint density at radius 2 is 1.92 bits per heavy atom. The van der Waals surface area contributed by atoms with E-state index >= 15 is 0 Å². The molecule has 6 heteroatoms. The number of amides is 2. The van der Waals surface area contributed by atoms with Gasteiger partial charge in [0, 0.05) is 29.7 Å². The van der Waals surface area contributed by atoms with E-state index in [2.05, 4.69) is 24.5 Å². The first-order valence-corrected chi connectivity index (χ1v) is 9.37. The number of rotatable bonds is 10. The number of ether oxygens (including phenoxy) is 1. The molecule has 0 saturated carbocycles. The Morgan fingerprint density at radius 3 is 2.54 bits per heavy atom. The maximum absolute atomic E-state index is 12.0. The molecule has 0 saturated heterocycles. The zero-order valence-electron chi connectivity index (χ0n) is 14.7. The van der Waals surface area contributed by atoms with E-state index in [-0.39, 0.29) is 11.9 Å². The summed E-state index contributed by atoms with van der Waals surface area (Å²) in [6.45, 7) is 6.69. The van der Waals surface area contributed by atoms with Crippen molar-refractivity contribution in [3.05, 3.63) is 30.3 Å². The fourth-order valence-corrected chi connectivity index (χ4v) is 3.08. The highest BCUT2D eigenvalue weighted by molar-refractivity contribution is 7.99. The van der Waals surface area contributed by atoms with Crippen LogP contribution < -0.4 is 10.6 Å². The molecule has 1 rings (SSSR count). The van der Waals surface area contributed by atoms with Gasteiger partial charge in [0.2, 0.25) is 5.91 Å². The van der Waals surface area contributed by atoms with Gasteiger partial charge in [-0.2, -0.15) is 0 Å². The molecule has 2 N–H and O–H groups in total. The molecule has 2 amide bonds. The minimum Gasteiger partial charge on any atom is -0.450 e. The van der Waals surface area contributed by atoms with Crippen LogP contribution >= 0.6 is 11.8 Å². The van der Waals surface area contributed by atoms with Crippen molar-refractivity contribution in [1.82, 2.24) is 10.6 Å². The second kappa shape index (κ2) is 11.8. The highest BCUT2D eigenvalue weighted by atomic mass is 32.2. The summed E-state index contributed by atoms with van der Waals surface area (Å²) in [7, 11) is 0. The Kier molecular flexibility index (Phi) is 10.00. The number of hydrogen-bond donors (Lipinski definition) is 2. The summed E-state index contributed by atoms with van der Waals surface area (Å²) in [5.41, 5.74) is 0. The largest absolute Gasteiger partial charge is 0.450 e. The monoisotopic (exact) mass is 352 g/mol. The van der Waals surface area contributed by atoms with Gasteiger partial charge in [0.25, 0.3) is 0 Å². The Balaban J connectivity index is 2.30. The third kappa shape index (κ3) is 9.45. The summed E-state index contributed by atoms with van der Waals surface area (Å²) >= 11 is 1.66. The van der Waals surface area contributed by atoms with Crippen molar-refractivity contribution in [3.63, 3.8) is 0 Å². The van der Waals surface area contributed by atoms with Gasteiger partial charge in [-0.15, -0.1) is 11.8 Å². The average Bonchev–Trinajstić information content (AvgIpc) is 2.53. The SMILES string of the molecule is CCOC(=O)NC(CNC(=O)CCSc1ccccc1)CC(C)C. The van der Waals surface area contributed by atoms with Crippen molar-refractivity contribution >= 4 is 23.8 Å². The van der Waals surface area contributed by atoms with E-state index in [1.54, 1.807) is 18.7 Å². The first kappa shape index (κ1) is 20.4. The second-order valence-electron chi connectivity index (χ2n) is 5.91. The molecule has 0 radical (unpaired) electrons. The molecule has 0 bridgehead atoms. The van der Waals surface area contributed by atoms with Gasteiger partial charge < -0.3 is 15.4 Å². The minimum atomic E-state index is -0.433. The lowest BCUT2D eigenvalue weighted by atomic mass is 10.0. The van der Waals surface area contributed by atoms with Crippen LogP contribution in [-0.2, 0) is 9.53 Å². The summed E-state index contributed by atoms with van der Waals surface area (Å²) in [5.74, 6) is 1.15. The Labute approximate surface area is 148 Å². The Hall–Kier alpha value is -1.69. The maximum Gasteiger partial charge on any atom is 0.407 e. The molecule has 1 atom stereocenters. The van der Waals surface area contributed by atoms with Crippen LogP contribution in [-0.4, -0.2) is 36.9 Å². The Morgan fingerprint density at radius 1 is 1.21 bits per heavy atom. The molecule has 24 heavy (non-hydrogen) atoms. The van der Waals surface area contributed by atoms with E-state index in [1.807, 2.05) is 30.3 Å². The third-order valence-electron chi connectivity index (χ3n) is 3.24. The third-order valence-corrected chi connectivity index (χ3v) is 4.25. The van der Waals surface area contributed by atoms with Gasteiger partial charge in [-0.05, 0) is 31.4 Å². The molecule has 0 aromatic heterocycles. The van der Waals surface area contributed by atoms with Gasteiger partial charge in [0.1, 0.15) is 0 Å². The summed E-state index contributed by atoms with van der Waals surface area (Å²) < 4.78 is 4.91. The predicted molar refractivity (Wildman–Crippen MR) is 98.2 cm³/mol. The number of carbonyl (C=O) groups is 2. The zero-order chi connectivity index (χ0) is 17.8. The molecule has 0 aliphatic heterocycles. The lowest BCUT2D eigenvalue weighted by Crippen LogP contribution is -2.44. The summed E-state index contributed by atoms with van der Waals surface area (Å²) in [5, 5.41) is 5.70. The van der Waals surface area contributed by atoms with Crippen LogP contribution in [0.4, 0.5) is 4.79 Å². The molecule has 0 spiro atoms. The molecule has 134 valence electrons. The Bertz CT molecular complexity index is 494. The van der Waals surface area contributed by atoms with E-state index < -0.39 is 6.09 Å². The van der Waals surface area contributed by atoms with Gasteiger partial charge >= 0.3 is 6.09 Å². The topological polar surface area (TPSA) is 67.4 Å². The van der Waals surface area contributed by atoms with Gasteiger partial charge in [-0.25, -0.2) is 4.79 Å². The average molecular weight is 353 g/mol. The molecular weight excluding hydrogens is 324 g/mol. The summed E-state index contributed by atoms with van der Waals surface area (Å²) in [6.07, 6.45) is 0.808. The van der Waals surface area contributed by atoms with Crippen molar-refractivity contribution in [2.45, 2.75) is 44.6 Å². The molecule has 0 aliphatic carbocycles. The molecule has 0 heterocycles. The van der Waals surface area contributed by atoms with Gasteiger partial charge in [-0.3, -0.25) is 4.79 Å². The molecule has 0 aliphatic rings. The highest BCUT2D eigenvalue weighted by Gasteiger charge is 2.15. The van der Waals surface area contributed by atoms with E-state index in [1.165, 1.54) is 0 Å². The minimum absolute atomic E-state index is 0.00199. The van der Waals surface area contributed by atoms with Gasteiger partial charge in [0.05, 0.1) is 6.61 Å². The van der Waals surface area contributed by atoms with Crippen LogP contribution in [0.3, 0.4) is 0 Å². The van der Waals surface area contributed by atoms with Crippen LogP contribution in [0.15, 0.2) is 35.2 Å². The normalized spacial score (nSPS) is 11.8. The standard InChI is InChI=1S/C18H28N2O3S/c1-4-23-18(22)20-15(12-14(2)3)13-19-17(21)10-11-24-16-8-6-5-7-9-16/h5-9,14-15H,4,10-13H2,1-3H3,(H,19,21)(H,20,22). The molecule has 1 aromatic rings. The highest BCUT2D eigenvalue weighted by Crippen LogP contribution is 2.17. The second-order valence-corrected chi connectivity index (χ2v) is 7.08. The van der Waals surface area contributed by atoms with Crippen molar-refractivity contribution < 1.29 is 14.3 Å². The number of carbonyl (C=O) groups excluding carboxylic acids is 2. The number of alkyl carbamates (subject to hydrolysis) is 1. The van der Waals surface area contributed by atoms with Crippen LogP contribution in [0.2, 0.25) is 0 Å². The van der Waals surface area contributed by atoms with Crippen LogP contribution in [0.1, 0.15) is 33.6 Å². The van der Waals surface area contributed by atoms with Crippen molar-refractivity contribution in [1.29, 1.82) is 0 Å². The zero-order valence-corrected chi connectivity index (χ0v) is 15.5. The van der Waals surface area contributed by atoms with Crippen LogP contribution in [0.5, 0.6) is 0 Å². The van der Waals surface area contributed by atoms with E-state index in [0.29, 0.717) is 25.5 Å². The summed E-state index contributed by atoms with van der Waals surface area (Å²) in [6, 6.07) is 9.90. The molecular formula is C18H28N2O3S.